The Morgan fingerprint density at radius 1 is 1.32 bits per heavy atom. The molecule has 0 spiro atoms. The molecule has 1 aromatic heterocycles. The van der Waals surface area contributed by atoms with E-state index in [0.717, 1.165) is 35.7 Å². The fourth-order valence-electron chi connectivity index (χ4n) is 2.94. The number of carbonyl (C=O) groups is 2. The van der Waals surface area contributed by atoms with Crippen LogP contribution in [0, 0.1) is 0 Å². The fraction of sp³-hybridized carbons (Fsp3) is 0.333. The molecular weight excluding hydrogens is 338 g/mol. The van der Waals surface area contributed by atoms with Crippen molar-refractivity contribution in [2.45, 2.75) is 19.4 Å². The molecule has 0 fully saturated rings. The molecule has 2 amide bonds. The first kappa shape index (κ1) is 17.4. The van der Waals surface area contributed by atoms with Gasteiger partial charge in [0.25, 0.3) is 5.91 Å². The van der Waals surface area contributed by atoms with Crippen LogP contribution < -0.4 is 20.7 Å². The summed E-state index contributed by atoms with van der Waals surface area (Å²) in [5.41, 5.74) is 7.03. The summed E-state index contributed by atoms with van der Waals surface area (Å²) in [6.07, 6.45) is 1.02. The van der Waals surface area contributed by atoms with E-state index in [1.807, 2.05) is 30.3 Å². The number of rotatable bonds is 6. The lowest BCUT2D eigenvalue weighted by Gasteiger charge is -2.19. The number of para-hydroxylation sites is 1. The van der Waals surface area contributed by atoms with Gasteiger partial charge in [-0.3, -0.25) is 9.59 Å². The van der Waals surface area contributed by atoms with Gasteiger partial charge in [-0.2, -0.15) is 0 Å². The Labute approximate surface area is 150 Å². The highest BCUT2D eigenvalue weighted by Crippen LogP contribution is 2.34. The summed E-state index contributed by atoms with van der Waals surface area (Å²) in [6, 6.07) is 9.35. The van der Waals surface area contributed by atoms with Crippen molar-refractivity contribution < 1.29 is 19.2 Å². The summed E-state index contributed by atoms with van der Waals surface area (Å²) in [7, 11) is 2.12. The van der Waals surface area contributed by atoms with Crippen LogP contribution in [-0.4, -0.2) is 32.0 Å². The highest BCUT2D eigenvalue weighted by atomic mass is 32.1. The molecule has 3 rings (SSSR count). The number of likely N-dealkylation sites (N-methyl/N-ethyl adjacent to an activating group) is 1. The number of hydrogen-bond donors (Lipinski definition) is 3. The van der Waals surface area contributed by atoms with Crippen molar-refractivity contribution in [2.24, 2.45) is 5.73 Å². The summed E-state index contributed by atoms with van der Waals surface area (Å²) >= 11 is 1.46. The lowest BCUT2D eigenvalue weighted by molar-refractivity contribution is -0.895. The van der Waals surface area contributed by atoms with Crippen LogP contribution in [0.2, 0.25) is 0 Å². The normalized spacial score (nSPS) is 16.1. The molecule has 0 aliphatic carbocycles. The monoisotopic (exact) mass is 360 g/mol. The number of carbonyl (C=O) groups excluding carboxylic acids is 2. The molecule has 132 valence electrons. The second-order valence-corrected chi connectivity index (χ2v) is 7.27. The number of amides is 2. The zero-order valence-corrected chi connectivity index (χ0v) is 14.9. The molecule has 2 aromatic rings. The molecule has 1 atom stereocenters. The minimum atomic E-state index is -0.479. The van der Waals surface area contributed by atoms with Gasteiger partial charge in [0.15, 0.2) is 0 Å². The first-order valence-electron chi connectivity index (χ1n) is 8.28. The average molecular weight is 360 g/mol. The number of ether oxygens (including phenoxy) is 1. The quantitative estimate of drug-likeness (QED) is 0.713. The summed E-state index contributed by atoms with van der Waals surface area (Å²) < 4.78 is 5.53. The van der Waals surface area contributed by atoms with Crippen LogP contribution in [0.15, 0.2) is 30.3 Å². The maximum absolute atomic E-state index is 12.2. The zero-order valence-electron chi connectivity index (χ0n) is 14.1. The van der Waals surface area contributed by atoms with Gasteiger partial charge in [0, 0.05) is 6.42 Å². The molecule has 1 aliphatic heterocycles. The van der Waals surface area contributed by atoms with Gasteiger partial charge in [0.2, 0.25) is 5.91 Å². The largest absolute Gasteiger partial charge is 0.493 e. The first-order chi connectivity index (χ1) is 12.0. The van der Waals surface area contributed by atoms with E-state index in [2.05, 4.69) is 12.4 Å². The molecule has 1 aromatic carbocycles. The maximum Gasteiger partial charge on any atom is 0.252 e. The number of fused-ring (bicyclic) bond motifs is 1. The number of quaternary nitrogens is 1. The molecule has 4 N–H and O–H groups in total. The third-order valence-electron chi connectivity index (χ3n) is 4.20. The number of anilines is 1. The van der Waals surface area contributed by atoms with Crippen LogP contribution in [0.25, 0.3) is 0 Å². The number of nitrogens with one attached hydrogen (secondary N) is 2. The number of primary amides is 1. The summed E-state index contributed by atoms with van der Waals surface area (Å²) in [4.78, 5) is 26.6. The van der Waals surface area contributed by atoms with Gasteiger partial charge in [-0.05, 0) is 17.7 Å². The van der Waals surface area contributed by atoms with Gasteiger partial charge in [-0.1, -0.05) is 18.2 Å². The topological polar surface area (TPSA) is 85.9 Å². The Morgan fingerprint density at radius 2 is 2.08 bits per heavy atom. The summed E-state index contributed by atoms with van der Waals surface area (Å²) in [5.74, 6) is 0.0661. The van der Waals surface area contributed by atoms with Crippen LogP contribution in [0.5, 0.6) is 5.75 Å². The van der Waals surface area contributed by atoms with E-state index >= 15 is 0 Å². The SMILES string of the molecule is C[NH+]1CCc2c(sc(NC(=O)CCOc3ccccc3)c2C(N)=O)C1. The van der Waals surface area contributed by atoms with Crippen LogP contribution in [0.1, 0.15) is 27.2 Å². The third kappa shape index (κ3) is 4.18. The molecule has 1 aliphatic rings. The number of nitrogens with two attached hydrogens (primary N) is 1. The number of thiophene rings is 1. The van der Waals surface area contributed by atoms with Crippen molar-refractivity contribution in [3.8, 4) is 5.75 Å². The van der Waals surface area contributed by atoms with Crippen molar-refractivity contribution in [3.05, 3.63) is 46.3 Å². The van der Waals surface area contributed by atoms with Gasteiger partial charge in [0.05, 0.1) is 37.1 Å². The smallest absolute Gasteiger partial charge is 0.252 e. The van der Waals surface area contributed by atoms with Gasteiger partial charge < -0.3 is 20.7 Å². The lowest BCUT2D eigenvalue weighted by atomic mass is 10.0. The minimum absolute atomic E-state index is 0.183. The molecule has 0 saturated carbocycles. The Hall–Kier alpha value is -2.38. The Morgan fingerprint density at radius 3 is 2.80 bits per heavy atom. The lowest BCUT2D eigenvalue weighted by Crippen LogP contribution is -3.08. The maximum atomic E-state index is 12.2. The van der Waals surface area contributed by atoms with E-state index in [1.165, 1.54) is 16.2 Å². The second-order valence-electron chi connectivity index (χ2n) is 6.17. The van der Waals surface area contributed by atoms with Gasteiger partial charge in [-0.15, -0.1) is 11.3 Å². The predicted octanol–water partition coefficient (Wildman–Crippen LogP) is 0.825. The van der Waals surface area contributed by atoms with Crippen LogP contribution >= 0.6 is 11.3 Å². The summed E-state index contributed by atoms with van der Waals surface area (Å²) in [5, 5.41) is 3.41. The molecule has 7 heteroatoms. The average Bonchev–Trinajstić information content (AvgIpc) is 2.92. The fourth-order valence-corrected chi connectivity index (χ4v) is 4.32. The molecule has 0 saturated heterocycles. The zero-order chi connectivity index (χ0) is 17.8. The Balaban J connectivity index is 1.64. The first-order valence-corrected chi connectivity index (χ1v) is 9.09. The molecule has 2 heterocycles. The molecular formula is C18H22N3O3S+. The van der Waals surface area contributed by atoms with Gasteiger partial charge >= 0.3 is 0 Å². The molecule has 6 nitrogen and oxygen atoms in total. The van der Waals surface area contributed by atoms with Crippen molar-refractivity contribution in [1.82, 2.24) is 0 Å². The van der Waals surface area contributed by atoms with E-state index in [4.69, 9.17) is 10.5 Å². The van der Waals surface area contributed by atoms with E-state index in [0.29, 0.717) is 10.6 Å². The van der Waals surface area contributed by atoms with Crippen LogP contribution in [0.4, 0.5) is 5.00 Å². The highest BCUT2D eigenvalue weighted by Gasteiger charge is 2.28. The van der Waals surface area contributed by atoms with E-state index in [1.54, 1.807) is 0 Å². The van der Waals surface area contributed by atoms with Crippen molar-refractivity contribution in [2.75, 3.05) is 25.5 Å². The van der Waals surface area contributed by atoms with Gasteiger partial charge in [-0.25, -0.2) is 0 Å². The molecule has 0 bridgehead atoms. The number of hydrogen-bond acceptors (Lipinski definition) is 4. The van der Waals surface area contributed by atoms with Crippen LogP contribution in [0.3, 0.4) is 0 Å². The van der Waals surface area contributed by atoms with E-state index in [-0.39, 0.29) is 18.9 Å². The van der Waals surface area contributed by atoms with Crippen molar-refractivity contribution in [1.29, 1.82) is 0 Å². The standard InChI is InChI=1S/C18H21N3O3S/c1-21-9-7-13-14(11-21)25-18(16(13)17(19)23)20-15(22)8-10-24-12-5-3-2-4-6-12/h2-6H,7-11H2,1H3,(H2,19,23)(H,20,22)/p+1. The predicted molar refractivity (Wildman–Crippen MR) is 97.2 cm³/mol. The van der Waals surface area contributed by atoms with Crippen molar-refractivity contribution >= 4 is 28.2 Å². The number of benzene rings is 1. The Bertz CT molecular complexity index is 773. The second kappa shape index (κ2) is 7.67. The van der Waals surface area contributed by atoms with E-state index < -0.39 is 5.91 Å². The third-order valence-corrected chi connectivity index (χ3v) is 5.34. The molecule has 0 radical (unpaired) electrons. The van der Waals surface area contributed by atoms with E-state index in [9.17, 15) is 9.59 Å². The highest BCUT2D eigenvalue weighted by molar-refractivity contribution is 7.17. The van der Waals surface area contributed by atoms with Crippen molar-refractivity contribution in [3.63, 3.8) is 0 Å². The summed E-state index contributed by atoms with van der Waals surface area (Å²) in [6.45, 7) is 2.09. The van der Waals surface area contributed by atoms with Crippen LogP contribution in [-0.2, 0) is 17.8 Å². The Kier molecular flexibility index (Phi) is 5.35. The minimum Gasteiger partial charge on any atom is -0.493 e. The van der Waals surface area contributed by atoms with Gasteiger partial charge in [0.1, 0.15) is 17.3 Å². The molecule has 25 heavy (non-hydrogen) atoms. The molecule has 1 unspecified atom stereocenters.